The number of nitrogens with two attached hydrogens (primary N) is 2. The molecule has 0 heterocycles. The second kappa shape index (κ2) is 5.51. The molecule has 0 aromatic heterocycles. The zero-order valence-corrected chi connectivity index (χ0v) is 8.03. The van der Waals surface area contributed by atoms with E-state index in [0.29, 0.717) is 13.1 Å². The molecule has 0 radical (unpaired) electrons. The van der Waals surface area contributed by atoms with Gasteiger partial charge in [-0.05, 0) is 14.0 Å². The Balaban J connectivity index is 3.81. The standard InChI is InChI=1S/C8H16N4O/c1-6(3-9)4-12(2)5-7(10)8(11)13/h6-7H,4-5,10H2,1-2H3,(H2,11,13). The molecule has 13 heavy (non-hydrogen) atoms. The highest BCUT2D eigenvalue weighted by molar-refractivity contribution is 5.79. The van der Waals surface area contributed by atoms with Crippen molar-refractivity contribution in [3.05, 3.63) is 0 Å². The molecule has 2 atom stereocenters. The molecule has 5 heteroatoms. The first kappa shape index (κ1) is 11.9. The highest BCUT2D eigenvalue weighted by Crippen LogP contribution is 1.96. The van der Waals surface area contributed by atoms with Crippen molar-refractivity contribution >= 4 is 5.91 Å². The normalized spacial score (nSPS) is 15.0. The number of hydrogen-bond donors (Lipinski definition) is 2. The SMILES string of the molecule is CC(C#N)CN(C)CC(N)C(N)=O. The van der Waals surface area contributed by atoms with E-state index in [-0.39, 0.29) is 5.92 Å². The number of nitriles is 1. The van der Waals surface area contributed by atoms with Crippen molar-refractivity contribution in [3.8, 4) is 6.07 Å². The molecule has 0 aromatic rings. The molecule has 0 spiro atoms. The molecule has 0 saturated carbocycles. The van der Waals surface area contributed by atoms with Crippen molar-refractivity contribution in [2.24, 2.45) is 17.4 Å². The van der Waals surface area contributed by atoms with Crippen LogP contribution in [0.25, 0.3) is 0 Å². The molecule has 4 N–H and O–H groups in total. The Bertz CT molecular complexity index is 211. The lowest BCUT2D eigenvalue weighted by atomic mass is 10.2. The fourth-order valence-corrected chi connectivity index (χ4v) is 1.01. The molecular formula is C8H16N4O. The molecule has 0 aliphatic rings. The summed E-state index contributed by atoms with van der Waals surface area (Å²) in [4.78, 5) is 12.4. The van der Waals surface area contributed by atoms with E-state index in [1.54, 1.807) is 7.05 Å². The Morgan fingerprint density at radius 2 is 2.15 bits per heavy atom. The average Bonchev–Trinajstić information content (AvgIpc) is 2.03. The Labute approximate surface area is 78.3 Å². The number of carbonyl (C=O) groups excluding carboxylic acids is 1. The first-order chi connectivity index (χ1) is 5.97. The van der Waals surface area contributed by atoms with E-state index in [0.717, 1.165) is 0 Å². The third-order valence-corrected chi connectivity index (χ3v) is 1.68. The highest BCUT2D eigenvalue weighted by Gasteiger charge is 2.13. The monoisotopic (exact) mass is 184 g/mol. The largest absolute Gasteiger partial charge is 0.368 e. The number of likely N-dealkylation sites (N-methyl/N-ethyl adjacent to an activating group) is 1. The molecular weight excluding hydrogens is 168 g/mol. The van der Waals surface area contributed by atoms with Crippen LogP contribution >= 0.6 is 0 Å². The van der Waals surface area contributed by atoms with Gasteiger partial charge in [-0.2, -0.15) is 5.26 Å². The lowest BCUT2D eigenvalue weighted by Crippen LogP contribution is -2.45. The van der Waals surface area contributed by atoms with E-state index < -0.39 is 11.9 Å². The topological polar surface area (TPSA) is 96.1 Å². The van der Waals surface area contributed by atoms with Gasteiger partial charge in [-0.3, -0.25) is 4.79 Å². The summed E-state index contributed by atoms with van der Waals surface area (Å²) in [5.74, 6) is -0.582. The summed E-state index contributed by atoms with van der Waals surface area (Å²) in [6.45, 7) is 2.80. The minimum absolute atomic E-state index is 0.0647. The lowest BCUT2D eigenvalue weighted by Gasteiger charge is -2.19. The third-order valence-electron chi connectivity index (χ3n) is 1.68. The number of carbonyl (C=O) groups is 1. The van der Waals surface area contributed by atoms with Crippen molar-refractivity contribution in [2.75, 3.05) is 20.1 Å². The first-order valence-electron chi connectivity index (χ1n) is 4.10. The predicted molar refractivity (Wildman–Crippen MR) is 49.4 cm³/mol. The van der Waals surface area contributed by atoms with Gasteiger partial charge in [0.15, 0.2) is 0 Å². The minimum atomic E-state index is -0.657. The summed E-state index contributed by atoms with van der Waals surface area (Å²) in [7, 11) is 1.80. The molecule has 5 nitrogen and oxygen atoms in total. The molecule has 0 aliphatic heterocycles. The van der Waals surface area contributed by atoms with Crippen LogP contribution in [0.4, 0.5) is 0 Å². The zero-order valence-electron chi connectivity index (χ0n) is 8.03. The molecule has 0 rings (SSSR count). The summed E-state index contributed by atoms with van der Waals surface area (Å²) in [6.07, 6.45) is 0. The van der Waals surface area contributed by atoms with E-state index in [4.69, 9.17) is 16.7 Å². The van der Waals surface area contributed by atoms with Gasteiger partial charge < -0.3 is 16.4 Å². The zero-order chi connectivity index (χ0) is 10.4. The number of amides is 1. The van der Waals surface area contributed by atoms with Crippen molar-refractivity contribution in [1.82, 2.24) is 4.90 Å². The molecule has 74 valence electrons. The molecule has 1 amide bonds. The van der Waals surface area contributed by atoms with Gasteiger partial charge in [0.05, 0.1) is 18.0 Å². The predicted octanol–water partition coefficient (Wildman–Crippen LogP) is -1.11. The Morgan fingerprint density at radius 3 is 2.54 bits per heavy atom. The van der Waals surface area contributed by atoms with E-state index in [2.05, 4.69) is 6.07 Å². The van der Waals surface area contributed by atoms with Gasteiger partial charge >= 0.3 is 0 Å². The van der Waals surface area contributed by atoms with Crippen LogP contribution in [-0.4, -0.2) is 37.0 Å². The fourth-order valence-electron chi connectivity index (χ4n) is 1.01. The quantitative estimate of drug-likeness (QED) is 0.566. The Hall–Kier alpha value is -1.12. The van der Waals surface area contributed by atoms with Gasteiger partial charge in [0.25, 0.3) is 0 Å². The van der Waals surface area contributed by atoms with Gasteiger partial charge in [-0.1, -0.05) is 0 Å². The molecule has 0 saturated heterocycles. The van der Waals surface area contributed by atoms with Gasteiger partial charge in [0.1, 0.15) is 0 Å². The average molecular weight is 184 g/mol. The summed E-state index contributed by atoms with van der Waals surface area (Å²) >= 11 is 0. The lowest BCUT2D eigenvalue weighted by molar-refractivity contribution is -0.119. The number of nitrogens with zero attached hydrogens (tertiary/aromatic N) is 2. The van der Waals surface area contributed by atoms with Gasteiger partial charge in [0, 0.05) is 13.1 Å². The summed E-state index contributed by atoms with van der Waals surface area (Å²) in [5, 5.41) is 8.53. The van der Waals surface area contributed by atoms with E-state index in [1.807, 2.05) is 11.8 Å². The van der Waals surface area contributed by atoms with E-state index >= 15 is 0 Å². The third kappa shape index (κ3) is 5.17. The van der Waals surface area contributed by atoms with Crippen LogP contribution in [0.15, 0.2) is 0 Å². The van der Waals surface area contributed by atoms with Crippen molar-refractivity contribution in [3.63, 3.8) is 0 Å². The first-order valence-corrected chi connectivity index (χ1v) is 4.10. The maximum atomic E-state index is 10.6. The van der Waals surface area contributed by atoms with Gasteiger partial charge in [0.2, 0.25) is 5.91 Å². The summed E-state index contributed by atoms with van der Waals surface area (Å²) in [6, 6.07) is 1.44. The van der Waals surface area contributed by atoms with Gasteiger partial charge in [-0.25, -0.2) is 0 Å². The molecule has 0 bridgehead atoms. The van der Waals surface area contributed by atoms with Crippen molar-refractivity contribution < 1.29 is 4.79 Å². The number of primary amides is 1. The van der Waals surface area contributed by atoms with E-state index in [9.17, 15) is 4.79 Å². The summed E-state index contributed by atoms with van der Waals surface area (Å²) < 4.78 is 0. The van der Waals surface area contributed by atoms with Crippen LogP contribution in [0, 0.1) is 17.2 Å². The minimum Gasteiger partial charge on any atom is -0.368 e. The second-order valence-corrected chi connectivity index (χ2v) is 3.26. The van der Waals surface area contributed by atoms with Crippen LogP contribution < -0.4 is 11.5 Å². The molecule has 0 aliphatic carbocycles. The van der Waals surface area contributed by atoms with Crippen LogP contribution in [0.2, 0.25) is 0 Å². The highest BCUT2D eigenvalue weighted by atomic mass is 16.1. The summed E-state index contributed by atoms with van der Waals surface area (Å²) in [5.41, 5.74) is 10.4. The van der Waals surface area contributed by atoms with Crippen LogP contribution in [-0.2, 0) is 4.79 Å². The fraction of sp³-hybridized carbons (Fsp3) is 0.750. The van der Waals surface area contributed by atoms with Crippen molar-refractivity contribution in [1.29, 1.82) is 5.26 Å². The molecule has 0 aromatic carbocycles. The maximum Gasteiger partial charge on any atom is 0.235 e. The Kier molecular flexibility index (Phi) is 5.04. The van der Waals surface area contributed by atoms with Crippen molar-refractivity contribution in [2.45, 2.75) is 13.0 Å². The van der Waals surface area contributed by atoms with Crippen LogP contribution in [0.1, 0.15) is 6.92 Å². The van der Waals surface area contributed by atoms with Crippen LogP contribution in [0.3, 0.4) is 0 Å². The second-order valence-electron chi connectivity index (χ2n) is 3.26. The van der Waals surface area contributed by atoms with Crippen LogP contribution in [0.5, 0.6) is 0 Å². The van der Waals surface area contributed by atoms with Gasteiger partial charge in [-0.15, -0.1) is 0 Å². The molecule has 0 fully saturated rings. The maximum absolute atomic E-state index is 10.6. The smallest absolute Gasteiger partial charge is 0.235 e. The van der Waals surface area contributed by atoms with E-state index in [1.165, 1.54) is 0 Å². The Morgan fingerprint density at radius 1 is 1.62 bits per heavy atom. The molecule has 2 unspecified atom stereocenters. The number of rotatable bonds is 5. The number of hydrogen-bond acceptors (Lipinski definition) is 4.